The maximum atomic E-state index is 14.0. The molecule has 7 heteroatoms. The van der Waals surface area contributed by atoms with E-state index in [0.29, 0.717) is 4.90 Å². The van der Waals surface area contributed by atoms with Crippen molar-refractivity contribution in [2.75, 3.05) is 0 Å². The molecule has 1 fully saturated rings. The van der Waals surface area contributed by atoms with Gasteiger partial charge in [0.05, 0.1) is 9.79 Å². The molecule has 1 aliphatic carbocycles. The van der Waals surface area contributed by atoms with Gasteiger partial charge in [-0.05, 0) is 51.0 Å². The Balaban J connectivity index is 2.04. The van der Waals surface area contributed by atoms with Gasteiger partial charge in [0.2, 0.25) is 0 Å². The summed E-state index contributed by atoms with van der Waals surface area (Å²) in [6.45, 7) is 3.83. The molecule has 29 heavy (non-hydrogen) atoms. The van der Waals surface area contributed by atoms with Gasteiger partial charge in [-0.25, -0.2) is 8.93 Å². The summed E-state index contributed by atoms with van der Waals surface area (Å²) in [5.74, 6) is 0. The molecule has 0 heterocycles. The van der Waals surface area contributed by atoms with Gasteiger partial charge in [0.25, 0.3) is 10.0 Å². The van der Waals surface area contributed by atoms with Gasteiger partial charge in [0.1, 0.15) is 0 Å². The minimum Gasteiger partial charge on any atom is -0.228 e. The number of sulfonamides is 1. The van der Waals surface area contributed by atoms with Gasteiger partial charge in [0.15, 0.2) is 9.92 Å². The molecule has 0 spiro atoms. The van der Waals surface area contributed by atoms with Crippen molar-refractivity contribution >= 4 is 19.9 Å². The smallest absolute Gasteiger partial charge is 0.228 e. The Labute approximate surface area is 175 Å². The molecule has 0 aliphatic heterocycles. The summed E-state index contributed by atoms with van der Waals surface area (Å²) in [6, 6.07) is 13.5. The minimum atomic E-state index is -4.07. The fourth-order valence-electron chi connectivity index (χ4n) is 3.55. The van der Waals surface area contributed by atoms with Crippen molar-refractivity contribution in [3.05, 3.63) is 59.7 Å². The lowest BCUT2D eigenvalue weighted by atomic mass is 9.97. The van der Waals surface area contributed by atoms with Crippen LogP contribution in [-0.4, -0.2) is 18.7 Å². The fourth-order valence-corrected chi connectivity index (χ4v) is 7.32. The van der Waals surface area contributed by atoms with Crippen LogP contribution in [0.3, 0.4) is 0 Å². The molecular weight excluding hydrogens is 404 g/mol. The Morgan fingerprint density at radius 2 is 1.17 bits per heavy atom. The third-order valence-electron chi connectivity index (χ3n) is 5.29. The highest BCUT2D eigenvalue weighted by atomic mass is 32.3. The molecule has 1 atom stereocenters. The van der Waals surface area contributed by atoms with E-state index in [1.54, 1.807) is 24.3 Å². The first-order valence-electron chi connectivity index (χ1n) is 10.2. The Morgan fingerprint density at radius 3 is 1.69 bits per heavy atom. The fraction of sp³-hybridized carbons (Fsp3) is 0.455. The van der Waals surface area contributed by atoms with Gasteiger partial charge < -0.3 is 0 Å². The van der Waals surface area contributed by atoms with Crippen molar-refractivity contribution in [3.63, 3.8) is 0 Å². The molecule has 0 aromatic heterocycles. The first-order valence-corrected chi connectivity index (χ1v) is 13.2. The summed E-state index contributed by atoms with van der Waals surface area (Å²) in [7, 11) is -7.41. The Hall–Kier alpha value is -1.70. The summed E-state index contributed by atoms with van der Waals surface area (Å²) < 4.78 is 47.1. The van der Waals surface area contributed by atoms with Crippen molar-refractivity contribution in [3.8, 4) is 0 Å². The lowest BCUT2D eigenvalue weighted by Gasteiger charge is -2.23. The van der Waals surface area contributed by atoms with Crippen LogP contribution >= 0.6 is 0 Å². The standard InChI is InChI=1S/C22H30N2O3S2/c1-18-10-14-21(15-11-18)28(25,23-20-8-6-4-3-5-7-9-20)24-29(26,27)22-16-12-19(2)13-17-22/h10-17,20H,3-9H2,1-2H3,(H,23,24,25). The van der Waals surface area contributed by atoms with Crippen LogP contribution in [0.5, 0.6) is 0 Å². The van der Waals surface area contributed by atoms with Gasteiger partial charge in [0, 0.05) is 6.04 Å². The molecule has 1 saturated carbocycles. The van der Waals surface area contributed by atoms with Gasteiger partial charge in [-0.2, -0.15) is 8.42 Å². The molecule has 5 nitrogen and oxygen atoms in total. The zero-order valence-corrected chi connectivity index (χ0v) is 18.8. The minimum absolute atomic E-state index is 0.0129. The van der Waals surface area contributed by atoms with Crippen LogP contribution in [0.4, 0.5) is 0 Å². The molecule has 3 rings (SSSR count). The largest absolute Gasteiger partial charge is 0.291 e. The van der Waals surface area contributed by atoms with Gasteiger partial charge in [-0.15, -0.1) is 0 Å². The maximum absolute atomic E-state index is 14.0. The summed E-state index contributed by atoms with van der Waals surface area (Å²) in [4.78, 5) is 0.461. The second-order valence-corrected chi connectivity index (χ2v) is 11.6. The van der Waals surface area contributed by atoms with E-state index in [2.05, 4.69) is 8.49 Å². The van der Waals surface area contributed by atoms with E-state index in [9.17, 15) is 12.6 Å². The van der Waals surface area contributed by atoms with Crippen molar-refractivity contribution in [2.45, 2.75) is 74.6 Å². The third-order valence-corrected chi connectivity index (χ3v) is 9.35. The van der Waals surface area contributed by atoms with E-state index in [1.807, 2.05) is 26.0 Å². The Bertz CT molecular complexity index is 1030. The molecule has 0 amide bonds. The number of nitrogens with one attached hydrogen (secondary N) is 1. The monoisotopic (exact) mass is 434 g/mol. The van der Waals surface area contributed by atoms with Gasteiger partial charge >= 0.3 is 0 Å². The van der Waals surface area contributed by atoms with Crippen LogP contribution in [-0.2, 0) is 19.9 Å². The van der Waals surface area contributed by atoms with Crippen molar-refractivity contribution in [1.29, 1.82) is 0 Å². The molecule has 1 unspecified atom stereocenters. The highest BCUT2D eigenvalue weighted by molar-refractivity contribution is 8.02. The average Bonchev–Trinajstić information content (AvgIpc) is 2.64. The van der Waals surface area contributed by atoms with E-state index in [1.165, 1.54) is 18.6 Å². The summed E-state index contributed by atoms with van der Waals surface area (Å²) in [6.07, 6.45) is 7.39. The lowest BCUT2D eigenvalue weighted by molar-refractivity contribution is 0.432. The number of hydrogen-bond donors (Lipinski definition) is 1. The molecule has 2 aromatic carbocycles. The normalized spacial score (nSPS) is 18.4. The van der Waals surface area contributed by atoms with Crippen LogP contribution in [0.1, 0.15) is 56.1 Å². The summed E-state index contributed by atoms with van der Waals surface area (Å²) in [5, 5.41) is 0. The molecule has 0 saturated heterocycles. The number of nitrogens with zero attached hydrogens (tertiary/aromatic N) is 1. The highest BCUT2D eigenvalue weighted by Gasteiger charge is 2.24. The van der Waals surface area contributed by atoms with Crippen LogP contribution in [0, 0.1) is 13.8 Å². The second-order valence-electron chi connectivity index (χ2n) is 7.86. The summed E-state index contributed by atoms with van der Waals surface area (Å²) in [5.41, 5.74) is 1.97. The summed E-state index contributed by atoms with van der Waals surface area (Å²) >= 11 is 0. The van der Waals surface area contributed by atoms with Crippen molar-refractivity contribution in [1.82, 2.24) is 4.72 Å². The predicted molar refractivity (Wildman–Crippen MR) is 118 cm³/mol. The Morgan fingerprint density at radius 1 is 0.724 bits per heavy atom. The van der Waals surface area contributed by atoms with Crippen LogP contribution in [0.15, 0.2) is 62.1 Å². The Kier molecular flexibility index (Phi) is 7.14. The number of hydrogen-bond acceptors (Lipinski definition) is 3. The van der Waals surface area contributed by atoms with E-state index < -0.39 is 19.9 Å². The average molecular weight is 435 g/mol. The maximum Gasteiger partial charge on any atom is 0.291 e. The second kappa shape index (κ2) is 9.41. The third kappa shape index (κ3) is 5.90. The van der Waals surface area contributed by atoms with Gasteiger partial charge in [-0.1, -0.05) is 71.3 Å². The lowest BCUT2D eigenvalue weighted by Crippen LogP contribution is -2.35. The van der Waals surface area contributed by atoms with Crippen molar-refractivity contribution < 1.29 is 12.6 Å². The quantitative estimate of drug-likeness (QED) is 0.708. The topological polar surface area (TPSA) is 75.6 Å². The van der Waals surface area contributed by atoms with Crippen LogP contribution < -0.4 is 4.72 Å². The zero-order valence-electron chi connectivity index (χ0n) is 17.1. The highest BCUT2D eigenvalue weighted by Crippen LogP contribution is 2.23. The number of benzene rings is 2. The molecule has 0 radical (unpaired) electrons. The molecule has 2 aromatic rings. The molecule has 1 N–H and O–H groups in total. The number of rotatable bonds is 5. The van der Waals surface area contributed by atoms with Gasteiger partial charge in [-0.3, -0.25) is 0 Å². The number of aryl methyl sites for hydroxylation is 2. The molecule has 1 aliphatic rings. The van der Waals surface area contributed by atoms with Crippen LogP contribution in [0.25, 0.3) is 0 Å². The first-order chi connectivity index (χ1) is 13.8. The van der Waals surface area contributed by atoms with Crippen molar-refractivity contribution in [2.24, 2.45) is 3.77 Å². The predicted octanol–water partition coefficient (Wildman–Crippen LogP) is 5.14. The van der Waals surface area contributed by atoms with E-state index in [0.717, 1.165) is 49.7 Å². The van der Waals surface area contributed by atoms with E-state index in [4.69, 9.17) is 0 Å². The first kappa shape index (κ1) is 22.0. The molecule has 0 bridgehead atoms. The zero-order chi connectivity index (χ0) is 20.9. The molecular formula is C22H30N2O3S2. The van der Waals surface area contributed by atoms with E-state index in [-0.39, 0.29) is 10.9 Å². The SMILES string of the molecule is Cc1ccc(S(=O)(=O)N=S(=O)(NC2CCCCCCC2)c2ccc(C)cc2)cc1. The molecule has 158 valence electrons. The van der Waals surface area contributed by atoms with Crippen LogP contribution in [0.2, 0.25) is 0 Å². The van der Waals surface area contributed by atoms with E-state index >= 15 is 0 Å².